The molecule has 0 saturated heterocycles. The number of carbonyl (C=O) groups is 1. The highest BCUT2D eigenvalue weighted by Crippen LogP contribution is 2.27. The fraction of sp³-hybridized carbons (Fsp3) is 0.150. The standard InChI is InChI=1S/C20H20FN5O2.ClH/c21-10-15(11-22)12-26-20(28)25(13-24-26)18-8-14(9-19(23)27)6-7-17(18)16-4-2-1-3-5-16;/h1-8,10,13H,9,11-12,22H2,(H2,23,27);1H/b15-10+;. The van der Waals surface area contributed by atoms with Crippen LogP contribution in [-0.2, 0) is 17.8 Å². The van der Waals surface area contributed by atoms with Crippen molar-refractivity contribution in [1.29, 1.82) is 0 Å². The van der Waals surface area contributed by atoms with Crippen LogP contribution in [0.5, 0.6) is 0 Å². The van der Waals surface area contributed by atoms with Gasteiger partial charge >= 0.3 is 5.69 Å². The molecule has 0 atom stereocenters. The van der Waals surface area contributed by atoms with Gasteiger partial charge in [0.15, 0.2) is 0 Å². The summed E-state index contributed by atoms with van der Waals surface area (Å²) < 4.78 is 15.3. The van der Waals surface area contributed by atoms with Crippen LogP contribution in [0.15, 0.2) is 71.6 Å². The van der Waals surface area contributed by atoms with Crippen LogP contribution in [0.25, 0.3) is 16.8 Å². The third-order valence-electron chi connectivity index (χ3n) is 4.29. The van der Waals surface area contributed by atoms with Gasteiger partial charge in [-0.2, -0.15) is 5.10 Å². The second-order valence-corrected chi connectivity index (χ2v) is 6.27. The van der Waals surface area contributed by atoms with Gasteiger partial charge in [-0.3, -0.25) is 4.79 Å². The average molecular weight is 418 g/mol. The number of hydrogen-bond donors (Lipinski definition) is 2. The van der Waals surface area contributed by atoms with E-state index in [1.807, 2.05) is 36.4 Å². The van der Waals surface area contributed by atoms with Crippen molar-refractivity contribution in [2.75, 3.05) is 6.54 Å². The molecule has 0 aliphatic carbocycles. The van der Waals surface area contributed by atoms with E-state index in [9.17, 15) is 14.0 Å². The maximum Gasteiger partial charge on any atom is 0.350 e. The third kappa shape index (κ3) is 4.98. The molecule has 0 aliphatic heterocycles. The van der Waals surface area contributed by atoms with Gasteiger partial charge in [0.25, 0.3) is 0 Å². The molecule has 0 bridgehead atoms. The number of nitrogens with zero attached hydrogens (tertiary/aromatic N) is 3. The molecule has 4 N–H and O–H groups in total. The summed E-state index contributed by atoms with van der Waals surface area (Å²) in [6, 6.07) is 14.9. The van der Waals surface area contributed by atoms with E-state index in [4.69, 9.17) is 11.5 Å². The van der Waals surface area contributed by atoms with Crippen LogP contribution < -0.4 is 17.2 Å². The van der Waals surface area contributed by atoms with Gasteiger partial charge in [-0.05, 0) is 22.8 Å². The number of benzene rings is 2. The molecule has 0 aliphatic rings. The summed E-state index contributed by atoms with van der Waals surface area (Å²) in [5.74, 6) is -0.470. The number of carbonyl (C=O) groups excluding carboxylic acids is 1. The summed E-state index contributed by atoms with van der Waals surface area (Å²) in [5.41, 5.74) is 13.5. The maximum atomic E-state index is 12.8. The molecule has 0 unspecified atom stereocenters. The van der Waals surface area contributed by atoms with Crippen molar-refractivity contribution in [3.8, 4) is 16.8 Å². The van der Waals surface area contributed by atoms with Crippen LogP contribution in [0.4, 0.5) is 4.39 Å². The Hall–Kier alpha value is -3.23. The molecule has 9 heteroatoms. The molecule has 1 amide bonds. The zero-order valence-corrected chi connectivity index (χ0v) is 16.3. The first-order chi connectivity index (χ1) is 13.5. The van der Waals surface area contributed by atoms with Crippen LogP contribution in [-0.4, -0.2) is 26.8 Å². The topological polar surface area (TPSA) is 109 Å². The molecule has 152 valence electrons. The number of rotatable bonds is 7. The summed E-state index contributed by atoms with van der Waals surface area (Å²) in [5, 5.41) is 4.07. The molecule has 29 heavy (non-hydrogen) atoms. The lowest BCUT2D eigenvalue weighted by Gasteiger charge is -2.12. The van der Waals surface area contributed by atoms with Gasteiger partial charge in [0.1, 0.15) is 6.33 Å². The Morgan fingerprint density at radius 3 is 2.52 bits per heavy atom. The molecular weight excluding hydrogens is 397 g/mol. The molecule has 1 aromatic heterocycles. The van der Waals surface area contributed by atoms with Gasteiger partial charge in [0.05, 0.1) is 25.0 Å². The monoisotopic (exact) mass is 417 g/mol. The lowest BCUT2D eigenvalue weighted by atomic mass is 10.00. The average Bonchev–Trinajstić information content (AvgIpc) is 3.06. The van der Waals surface area contributed by atoms with E-state index in [0.717, 1.165) is 15.8 Å². The van der Waals surface area contributed by atoms with Crippen molar-refractivity contribution in [3.63, 3.8) is 0 Å². The van der Waals surface area contributed by atoms with Crippen molar-refractivity contribution in [2.24, 2.45) is 11.5 Å². The Labute approximate surface area is 172 Å². The summed E-state index contributed by atoms with van der Waals surface area (Å²) in [7, 11) is 0. The quantitative estimate of drug-likeness (QED) is 0.612. The van der Waals surface area contributed by atoms with Crippen LogP contribution >= 0.6 is 12.4 Å². The molecule has 0 fully saturated rings. The van der Waals surface area contributed by atoms with E-state index in [1.54, 1.807) is 12.1 Å². The molecule has 7 nitrogen and oxygen atoms in total. The molecular formula is C20H21ClFN5O2. The third-order valence-corrected chi connectivity index (χ3v) is 4.29. The molecule has 0 saturated carbocycles. The Morgan fingerprint density at radius 2 is 1.90 bits per heavy atom. The van der Waals surface area contributed by atoms with Gasteiger partial charge in [0, 0.05) is 12.1 Å². The van der Waals surface area contributed by atoms with Crippen LogP contribution in [0.3, 0.4) is 0 Å². The number of primary amides is 1. The number of amides is 1. The highest BCUT2D eigenvalue weighted by molar-refractivity contribution is 5.85. The van der Waals surface area contributed by atoms with E-state index in [-0.39, 0.29) is 37.5 Å². The summed E-state index contributed by atoms with van der Waals surface area (Å²) in [6.07, 6.45) is 1.80. The van der Waals surface area contributed by atoms with Crippen LogP contribution in [0.1, 0.15) is 5.56 Å². The zero-order chi connectivity index (χ0) is 20.1. The van der Waals surface area contributed by atoms with E-state index >= 15 is 0 Å². The molecule has 0 spiro atoms. The lowest BCUT2D eigenvalue weighted by Crippen LogP contribution is -2.26. The molecule has 0 radical (unpaired) electrons. The van der Waals surface area contributed by atoms with Crippen molar-refractivity contribution < 1.29 is 9.18 Å². The minimum atomic E-state index is -0.470. The number of aromatic nitrogens is 3. The predicted molar refractivity (Wildman–Crippen MR) is 112 cm³/mol. The Kier molecular flexibility index (Phi) is 7.46. The van der Waals surface area contributed by atoms with E-state index in [0.29, 0.717) is 17.6 Å². The number of hydrogen-bond acceptors (Lipinski definition) is 4. The number of halogens is 2. The molecule has 3 aromatic rings. The van der Waals surface area contributed by atoms with Gasteiger partial charge < -0.3 is 11.5 Å². The van der Waals surface area contributed by atoms with Gasteiger partial charge in [-0.1, -0.05) is 42.5 Å². The van der Waals surface area contributed by atoms with Gasteiger partial charge in [0.2, 0.25) is 5.91 Å². The van der Waals surface area contributed by atoms with Crippen molar-refractivity contribution >= 4 is 18.3 Å². The van der Waals surface area contributed by atoms with Crippen molar-refractivity contribution in [1.82, 2.24) is 14.3 Å². The predicted octanol–water partition coefficient (Wildman–Crippen LogP) is 1.96. The first kappa shape index (κ1) is 22.1. The molecule has 2 aromatic carbocycles. The second kappa shape index (κ2) is 9.81. The van der Waals surface area contributed by atoms with Crippen molar-refractivity contribution in [3.05, 3.63) is 82.8 Å². The summed E-state index contributed by atoms with van der Waals surface area (Å²) in [6.45, 7) is -0.0559. The van der Waals surface area contributed by atoms with Crippen LogP contribution in [0, 0.1) is 0 Å². The largest absolute Gasteiger partial charge is 0.369 e. The number of nitrogens with two attached hydrogens (primary N) is 2. The summed E-state index contributed by atoms with van der Waals surface area (Å²) >= 11 is 0. The lowest BCUT2D eigenvalue weighted by molar-refractivity contribution is -0.117. The maximum absolute atomic E-state index is 12.8. The first-order valence-corrected chi connectivity index (χ1v) is 8.63. The van der Waals surface area contributed by atoms with E-state index in [2.05, 4.69) is 5.10 Å². The summed E-state index contributed by atoms with van der Waals surface area (Å²) in [4.78, 5) is 24.1. The van der Waals surface area contributed by atoms with Gasteiger partial charge in [-0.15, -0.1) is 12.4 Å². The first-order valence-electron chi connectivity index (χ1n) is 8.63. The highest BCUT2D eigenvalue weighted by atomic mass is 35.5. The SMILES string of the molecule is Cl.NC/C(=C\F)Cn1ncn(-c2cc(CC(N)=O)ccc2-c2ccccc2)c1=O. The second-order valence-electron chi connectivity index (χ2n) is 6.27. The minimum Gasteiger partial charge on any atom is -0.369 e. The van der Waals surface area contributed by atoms with E-state index < -0.39 is 11.6 Å². The van der Waals surface area contributed by atoms with Gasteiger partial charge in [-0.25, -0.2) is 18.4 Å². The van der Waals surface area contributed by atoms with Crippen LogP contribution in [0.2, 0.25) is 0 Å². The molecule has 3 rings (SSSR count). The Balaban J connectivity index is 0.00000300. The normalized spacial score (nSPS) is 11.2. The minimum absolute atomic E-state index is 0. The highest BCUT2D eigenvalue weighted by Gasteiger charge is 2.14. The smallest absolute Gasteiger partial charge is 0.350 e. The Bertz CT molecular complexity index is 1080. The zero-order valence-electron chi connectivity index (χ0n) is 15.5. The van der Waals surface area contributed by atoms with Crippen molar-refractivity contribution in [2.45, 2.75) is 13.0 Å². The Morgan fingerprint density at radius 1 is 1.17 bits per heavy atom. The van der Waals surface area contributed by atoms with E-state index in [1.165, 1.54) is 10.9 Å². The molecule has 1 heterocycles. The fourth-order valence-corrected chi connectivity index (χ4v) is 2.90. The fourth-order valence-electron chi connectivity index (χ4n) is 2.90.